The molecule has 23 heavy (non-hydrogen) atoms. The summed E-state index contributed by atoms with van der Waals surface area (Å²) in [5, 5.41) is 5.53. The summed E-state index contributed by atoms with van der Waals surface area (Å²) in [5.41, 5.74) is 0.812. The molecule has 0 saturated carbocycles. The van der Waals surface area contributed by atoms with Gasteiger partial charge in [0.15, 0.2) is 0 Å². The average molecular weight is 333 g/mol. The summed E-state index contributed by atoms with van der Waals surface area (Å²) in [6.07, 6.45) is 3.47. The number of carbonyl (C=O) groups excluding carboxylic acids is 1. The third-order valence-corrected chi connectivity index (χ3v) is 4.70. The van der Waals surface area contributed by atoms with Gasteiger partial charge in [-0.3, -0.25) is 4.79 Å². The van der Waals surface area contributed by atoms with E-state index in [1.54, 1.807) is 0 Å². The van der Waals surface area contributed by atoms with E-state index in [1.807, 2.05) is 42.3 Å². The van der Waals surface area contributed by atoms with Crippen LogP contribution < -0.4 is 5.32 Å². The molecule has 1 aliphatic rings. The van der Waals surface area contributed by atoms with Crippen molar-refractivity contribution >= 4 is 29.1 Å². The molecular formula is C19H25ClN2O. The summed E-state index contributed by atoms with van der Waals surface area (Å²) >= 11 is 0. The lowest BCUT2D eigenvalue weighted by Crippen LogP contribution is -2.38. The lowest BCUT2D eigenvalue weighted by Gasteiger charge is -2.32. The van der Waals surface area contributed by atoms with Crippen LogP contribution in [0.3, 0.4) is 0 Å². The molecule has 1 fully saturated rings. The van der Waals surface area contributed by atoms with Crippen molar-refractivity contribution in [3.05, 3.63) is 48.0 Å². The second-order valence-corrected chi connectivity index (χ2v) is 6.19. The minimum atomic E-state index is 0. The highest BCUT2D eigenvalue weighted by Crippen LogP contribution is 2.23. The van der Waals surface area contributed by atoms with Gasteiger partial charge >= 0.3 is 0 Å². The van der Waals surface area contributed by atoms with E-state index in [1.165, 1.54) is 11.8 Å². The number of benzene rings is 2. The SMILES string of the molecule is CNCCC1CCN(C(=O)c2ccc3ccccc3c2)CC1.Cl. The molecule has 1 heterocycles. The molecular weight excluding hydrogens is 308 g/mol. The van der Waals surface area contributed by atoms with Gasteiger partial charge in [0.25, 0.3) is 5.91 Å². The summed E-state index contributed by atoms with van der Waals surface area (Å²) < 4.78 is 0. The lowest BCUT2D eigenvalue weighted by atomic mass is 9.93. The predicted molar refractivity (Wildman–Crippen MR) is 98.4 cm³/mol. The van der Waals surface area contributed by atoms with Crippen LogP contribution in [0.4, 0.5) is 0 Å². The highest BCUT2D eigenvalue weighted by molar-refractivity contribution is 5.98. The van der Waals surface area contributed by atoms with Crippen molar-refractivity contribution in [3.63, 3.8) is 0 Å². The maximum Gasteiger partial charge on any atom is 0.253 e. The van der Waals surface area contributed by atoms with E-state index in [0.717, 1.165) is 49.3 Å². The van der Waals surface area contributed by atoms with Gasteiger partial charge in [-0.15, -0.1) is 12.4 Å². The van der Waals surface area contributed by atoms with E-state index in [0.29, 0.717) is 0 Å². The van der Waals surface area contributed by atoms with Crippen LogP contribution in [0.15, 0.2) is 42.5 Å². The fraction of sp³-hybridized carbons (Fsp3) is 0.421. The van der Waals surface area contributed by atoms with Gasteiger partial charge in [0.2, 0.25) is 0 Å². The Kier molecular flexibility index (Phi) is 6.43. The Bertz CT molecular complexity index is 651. The van der Waals surface area contributed by atoms with Gasteiger partial charge < -0.3 is 10.2 Å². The van der Waals surface area contributed by atoms with Crippen molar-refractivity contribution in [3.8, 4) is 0 Å². The number of hydrogen-bond acceptors (Lipinski definition) is 2. The number of amides is 1. The van der Waals surface area contributed by atoms with Crippen LogP contribution in [-0.2, 0) is 0 Å². The van der Waals surface area contributed by atoms with Crippen LogP contribution in [0, 0.1) is 5.92 Å². The van der Waals surface area contributed by atoms with Gasteiger partial charge in [-0.05, 0) is 61.7 Å². The zero-order chi connectivity index (χ0) is 15.4. The monoisotopic (exact) mass is 332 g/mol. The van der Waals surface area contributed by atoms with Crippen molar-refractivity contribution < 1.29 is 4.79 Å². The quantitative estimate of drug-likeness (QED) is 0.925. The van der Waals surface area contributed by atoms with Crippen LogP contribution in [-0.4, -0.2) is 37.5 Å². The molecule has 3 nitrogen and oxygen atoms in total. The van der Waals surface area contributed by atoms with Gasteiger partial charge in [0.1, 0.15) is 0 Å². The molecule has 0 unspecified atom stereocenters. The van der Waals surface area contributed by atoms with Crippen LogP contribution in [0.5, 0.6) is 0 Å². The molecule has 0 aliphatic carbocycles. The molecule has 124 valence electrons. The zero-order valence-electron chi connectivity index (χ0n) is 13.6. The number of rotatable bonds is 4. The first-order chi connectivity index (χ1) is 10.8. The Morgan fingerprint density at radius 1 is 1.13 bits per heavy atom. The standard InChI is InChI=1S/C19H24N2O.ClH/c1-20-11-8-15-9-12-21(13-10-15)19(22)18-7-6-16-4-2-3-5-17(16)14-18;/h2-7,14-15,20H,8-13H2,1H3;1H. The summed E-state index contributed by atoms with van der Waals surface area (Å²) in [7, 11) is 2.00. The number of hydrogen-bond donors (Lipinski definition) is 1. The molecule has 0 bridgehead atoms. The van der Waals surface area contributed by atoms with Gasteiger partial charge in [0, 0.05) is 18.7 Å². The van der Waals surface area contributed by atoms with Crippen molar-refractivity contribution in [2.45, 2.75) is 19.3 Å². The smallest absolute Gasteiger partial charge is 0.253 e. The first-order valence-electron chi connectivity index (χ1n) is 8.20. The molecule has 0 aromatic heterocycles. The van der Waals surface area contributed by atoms with E-state index >= 15 is 0 Å². The van der Waals surface area contributed by atoms with E-state index in [2.05, 4.69) is 17.4 Å². The molecule has 1 saturated heterocycles. The van der Waals surface area contributed by atoms with Crippen LogP contribution in [0.1, 0.15) is 29.6 Å². The maximum absolute atomic E-state index is 12.7. The summed E-state index contributed by atoms with van der Waals surface area (Å²) in [6, 6.07) is 14.2. The molecule has 0 spiro atoms. The maximum atomic E-state index is 12.7. The van der Waals surface area contributed by atoms with E-state index in [9.17, 15) is 4.79 Å². The van der Waals surface area contributed by atoms with E-state index < -0.39 is 0 Å². The largest absolute Gasteiger partial charge is 0.339 e. The van der Waals surface area contributed by atoms with Gasteiger partial charge in [-0.1, -0.05) is 30.3 Å². The first kappa shape index (κ1) is 17.8. The van der Waals surface area contributed by atoms with Crippen LogP contribution in [0.25, 0.3) is 10.8 Å². The van der Waals surface area contributed by atoms with Crippen LogP contribution in [0.2, 0.25) is 0 Å². The summed E-state index contributed by atoms with van der Waals surface area (Å²) in [5.74, 6) is 0.936. The predicted octanol–water partition coefficient (Wildman–Crippen LogP) is 3.72. The van der Waals surface area contributed by atoms with Gasteiger partial charge in [-0.2, -0.15) is 0 Å². The van der Waals surface area contributed by atoms with Crippen molar-refractivity contribution in [1.29, 1.82) is 0 Å². The molecule has 0 atom stereocenters. The number of nitrogens with zero attached hydrogens (tertiary/aromatic N) is 1. The summed E-state index contributed by atoms with van der Waals surface area (Å²) in [6.45, 7) is 2.85. The third-order valence-electron chi connectivity index (χ3n) is 4.70. The Hall–Kier alpha value is -1.58. The summed E-state index contributed by atoms with van der Waals surface area (Å²) in [4.78, 5) is 14.7. The molecule has 2 aromatic carbocycles. The average Bonchev–Trinajstić information content (AvgIpc) is 2.59. The molecule has 4 heteroatoms. The van der Waals surface area contributed by atoms with Gasteiger partial charge in [-0.25, -0.2) is 0 Å². The molecule has 1 amide bonds. The normalized spacial score (nSPS) is 15.4. The zero-order valence-corrected chi connectivity index (χ0v) is 14.4. The molecule has 2 aromatic rings. The van der Waals surface area contributed by atoms with E-state index in [4.69, 9.17) is 0 Å². The van der Waals surface area contributed by atoms with Crippen molar-refractivity contribution in [2.24, 2.45) is 5.92 Å². The Morgan fingerprint density at radius 2 is 1.83 bits per heavy atom. The topological polar surface area (TPSA) is 32.3 Å². The Morgan fingerprint density at radius 3 is 2.52 bits per heavy atom. The molecule has 0 radical (unpaired) electrons. The fourth-order valence-electron chi connectivity index (χ4n) is 3.28. The molecule has 3 rings (SSSR count). The number of piperidine rings is 1. The minimum Gasteiger partial charge on any atom is -0.339 e. The number of likely N-dealkylation sites (tertiary alicyclic amines) is 1. The minimum absolute atomic E-state index is 0. The Labute approximate surface area is 144 Å². The highest BCUT2D eigenvalue weighted by Gasteiger charge is 2.23. The first-order valence-corrected chi connectivity index (χ1v) is 8.20. The second kappa shape index (κ2) is 8.32. The van der Waals surface area contributed by atoms with Crippen LogP contribution >= 0.6 is 12.4 Å². The Balaban J connectivity index is 0.00000192. The van der Waals surface area contributed by atoms with E-state index in [-0.39, 0.29) is 18.3 Å². The highest BCUT2D eigenvalue weighted by atomic mass is 35.5. The number of halogens is 1. The van der Waals surface area contributed by atoms with Gasteiger partial charge in [0.05, 0.1) is 0 Å². The molecule has 1 aliphatic heterocycles. The van der Waals surface area contributed by atoms with Crippen molar-refractivity contribution in [1.82, 2.24) is 10.2 Å². The second-order valence-electron chi connectivity index (χ2n) is 6.19. The third kappa shape index (κ3) is 4.24. The number of fused-ring (bicyclic) bond motifs is 1. The number of carbonyl (C=O) groups is 1. The lowest BCUT2D eigenvalue weighted by molar-refractivity contribution is 0.0687. The molecule has 1 N–H and O–H groups in total. The van der Waals surface area contributed by atoms with Crippen molar-refractivity contribution in [2.75, 3.05) is 26.7 Å². The number of nitrogens with one attached hydrogen (secondary N) is 1. The fourth-order valence-corrected chi connectivity index (χ4v) is 3.28.